The molecule has 1 N–H and O–H groups in total. The monoisotopic (exact) mass is 342 g/mol. The molecule has 0 radical (unpaired) electrons. The van der Waals surface area contributed by atoms with Gasteiger partial charge >= 0.3 is 14.7 Å². The Hall–Kier alpha value is -1.85. The van der Waals surface area contributed by atoms with Crippen LogP contribution >= 0.6 is 8.25 Å². The molecule has 1 aliphatic rings. The van der Waals surface area contributed by atoms with Crippen molar-refractivity contribution in [2.24, 2.45) is 0 Å². The quantitative estimate of drug-likeness (QED) is 0.648. The molecule has 1 aromatic heterocycles. The number of anilines is 1. The standard InChI is InChI=1S/C10H13N3.C4H10.CHO4P/c1-2-9-11-6-5-10(12-9)13-7-3-4-8-13;1-3-4-2;2-1-5-6(3)4/h2,5-6H,1,3-4,7-8H2;3-4H2,1-2H3;1H/p+1. The van der Waals surface area contributed by atoms with Crippen LogP contribution in [0.4, 0.5) is 5.82 Å². The number of carbonyl (C=O) groups is 1. The molecule has 128 valence electrons. The number of hydrogen-bond acceptors (Lipinski definition) is 6. The first-order valence-corrected chi connectivity index (χ1v) is 8.69. The summed E-state index contributed by atoms with van der Waals surface area (Å²) in [5.74, 6) is 1.74. The van der Waals surface area contributed by atoms with Gasteiger partial charge in [0.15, 0.2) is 5.82 Å². The Bertz CT molecular complexity index is 478. The molecule has 1 saturated heterocycles. The molecule has 0 bridgehead atoms. The SMILES string of the molecule is C=Cc1nccc(N2CCCC2)n1.CCCC.O=CO[P+](=O)O. The molecule has 1 aliphatic heterocycles. The molecule has 0 aliphatic carbocycles. The second-order valence-electron chi connectivity index (χ2n) is 4.61. The summed E-state index contributed by atoms with van der Waals surface area (Å²) in [5, 5.41) is 0. The number of unbranched alkanes of at least 4 members (excludes halogenated alkanes) is 1. The third kappa shape index (κ3) is 10.5. The Morgan fingerprint density at radius 1 is 1.39 bits per heavy atom. The second kappa shape index (κ2) is 13.8. The van der Waals surface area contributed by atoms with E-state index in [1.807, 2.05) is 6.07 Å². The van der Waals surface area contributed by atoms with Crippen LogP contribution in [0.1, 0.15) is 45.4 Å². The molecular formula is C15H25N3O4P+. The van der Waals surface area contributed by atoms with E-state index in [1.54, 1.807) is 12.3 Å². The molecule has 1 aromatic rings. The molecule has 0 spiro atoms. The molecule has 1 atom stereocenters. The van der Waals surface area contributed by atoms with Gasteiger partial charge in [-0.1, -0.05) is 33.3 Å². The molecule has 23 heavy (non-hydrogen) atoms. The van der Waals surface area contributed by atoms with E-state index in [-0.39, 0.29) is 6.47 Å². The van der Waals surface area contributed by atoms with Gasteiger partial charge in [0.1, 0.15) is 5.82 Å². The topological polar surface area (TPSA) is 92.6 Å². The maximum absolute atomic E-state index is 9.29. The largest absolute Gasteiger partial charge is 0.750 e. The molecule has 1 fully saturated rings. The highest BCUT2D eigenvalue weighted by atomic mass is 31.1. The highest BCUT2D eigenvalue weighted by Crippen LogP contribution is 2.16. The molecule has 8 heteroatoms. The molecule has 0 saturated carbocycles. The Balaban J connectivity index is 0.000000407. The van der Waals surface area contributed by atoms with Gasteiger partial charge in [-0.25, -0.2) is 9.97 Å². The van der Waals surface area contributed by atoms with Crippen LogP contribution in [-0.4, -0.2) is 34.4 Å². The summed E-state index contributed by atoms with van der Waals surface area (Å²) in [4.78, 5) is 27.4. The van der Waals surface area contributed by atoms with Gasteiger partial charge < -0.3 is 4.90 Å². The second-order valence-corrected chi connectivity index (χ2v) is 5.30. The van der Waals surface area contributed by atoms with Crippen molar-refractivity contribution in [3.05, 3.63) is 24.7 Å². The smallest absolute Gasteiger partial charge is 0.357 e. The summed E-state index contributed by atoms with van der Waals surface area (Å²) in [7, 11) is -2.72. The molecular weight excluding hydrogens is 317 g/mol. The first-order chi connectivity index (χ1) is 11.1. The van der Waals surface area contributed by atoms with Crippen molar-refractivity contribution in [3.63, 3.8) is 0 Å². The Morgan fingerprint density at radius 2 is 2.00 bits per heavy atom. The van der Waals surface area contributed by atoms with Gasteiger partial charge in [0.2, 0.25) is 0 Å². The average molecular weight is 342 g/mol. The summed E-state index contributed by atoms with van der Waals surface area (Å²) in [6.07, 6.45) is 8.65. The predicted molar refractivity (Wildman–Crippen MR) is 91.1 cm³/mol. The predicted octanol–water partition coefficient (Wildman–Crippen LogP) is 3.34. The summed E-state index contributed by atoms with van der Waals surface area (Å²) < 4.78 is 12.7. The Labute approximate surface area is 138 Å². The number of rotatable bonds is 5. The fourth-order valence-electron chi connectivity index (χ4n) is 1.62. The van der Waals surface area contributed by atoms with Crippen LogP contribution in [-0.2, 0) is 13.9 Å². The van der Waals surface area contributed by atoms with Crippen molar-refractivity contribution in [2.75, 3.05) is 18.0 Å². The van der Waals surface area contributed by atoms with Crippen LogP contribution in [0, 0.1) is 0 Å². The van der Waals surface area contributed by atoms with Crippen molar-refractivity contribution in [1.82, 2.24) is 9.97 Å². The maximum Gasteiger partial charge on any atom is 0.750 e. The molecule has 0 amide bonds. The van der Waals surface area contributed by atoms with Crippen molar-refractivity contribution in [1.29, 1.82) is 0 Å². The fourth-order valence-corrected chi connectivity index (χ4v) is 1.69. The summed E-state index contributed by atoms with van der Waals surface area (Å²) in [5.41, 5.74) is 0. The Morgan fingerprint density at radius 3 is 2.39 bits per heavy atom. The van der Waals surface area contributed by atoms with Crippen molar-refractivity contribution < 1.29 is 18.8 Å². The van der Waals surface area contributed by atoms with Crippen LogP contribution in [0.2, 0.25) is 0 Å². The molecule has 7 nitrogen and oxygen atoms in total. The number of hydrogen-bond donors (Lipinski definition) is 1. The van der Waals surface area contributed by atoms with Gasteiger partial charge in [-0.05, 0) is 25.0 Å². The summed E-state index contributed by atoms with van der Waals surface area (Å²) in [6, 6.07) is 1.96. The van der Waals surface area contributed by atoms with Crippen LogP contribution < -0.4 is 4.90 Å². The summed E-state index contributed by atoms with van der Waals surface area (Å²) >= 11 is 0. The molecule has 2 rings (SSSR count). The Kier molecular flexibility index (Phi) is 12.7. The van der Waals surface area contributed by atoms with Gasteiger partial charge in [0.25, 0.3) is 0 Å². The lowest BCUT2D eigenvalue weighted by atomic mass is 10.4. The zero-order valence-electron chi connectivity index (χ0n) is 13.7. The highest BCUT2D eigenvalue weighted by molar-refractivity contribution is 7.32. The van der Waals surface area contributed by atoms with E-state index in [0.717, 1.165) is 18.9 Å². The third-order valence-corrected chi connectivity index (χ3v) is 3.17. The normalized spacial score (nSPS) is 13.0. The van der Waals surface area contributed by atoms with Crippen molar-refractivity contribution in [2.45, 2.75) is 39.5 Å². The van der Waals surface area contributed by atoms with Gasteiger partial charge in [0, 0.05) is 23.9 Å². The number of nitrogens with zero attached hydrogens (tertiary/aromatic N) is 3. The maximum atomic E-state index is 9.29. The van der Waals surface area contributed by atoms with Gasteiger partial charge in [-0.2, -0.15) is 4.52 Å². The minimum absolute atomic E-state index is 0.0846. The van der Waals surface area contributed by atoms with E-state index >= 15 is 0 Å². The van der Waals surface area contributed by atoms with Crippen LogP contribution in [0.5, 0.6) is 0 Å². The van der Waals surface area contributed by atoms with Gasteiger partial charge in [-0.3, -0.25) is 4.79 Å². The van der Waals surface area contributed by atoms with E-state index in [1.165, 1.54) is 25.7 Å². The van der Waals surface area contributed by atoms with Crippen LogP contribution in [0.25, 0.3) is 6.08 Å². The zero-order valence-corrected chi connectivity index (χ0v) is 14.6. The molecule has 2 heterocycles. The van der Waals surface area contributed by atoms with Crippen molar-refractivity contribution >= 4 is 26.6 Å². The highest BCUT2D eigenvalue weighted by Gasteiger charge is 2.13. The summed E-state index contributed by atoms with van der Waals surface area (Å²) in [6.45, 7) is 10.2. The lowest BCUT2D eigenvalue weighted by molar-refractivity contribution is -0.120. The van der Waals surface area contributed by atoms with E-state index in [4.69, 9.17) is 9.69 Å². The first kappa shape index (κ1) is 21.1. The number of aromatic nitrogens is 2. The average Bonchev–Trinajstić information content (AvgIpc) is 3.10. The zero-order chi connectivity index (χ0) is 17.5. The van der Waals surface area contributed by atoms with Crippen LogP contribution in [0.3, 0.4) is 0 Å². The fraction of sp³-hybridized carbons (Fsp3) is 0.533. The number of carbonyl (C=O) groups excluding carboxylic acids is 1. The molecule has 1 unspecified atom stereocenters. The minimum atomic E-state index is -2.72. The molecule has 0 aromatic carbocycles. The van der Waals surface area contributed by atoms with Gasteiger partial charge in [0.05, 0.1) is 0 Å². The lowest BCUT2D eigenvalue weighted by Gasteiger charge is -2.15. The van der Waals surface area contributed by atoms with Crippen molar-refractivity contribution in [3.8, 4) is 0 Å². The van der Waals surface area contributed by atoms with E-state index < -0.39 is 8.25 Å². The minimum Gasteiger partial charge on any atom is -0.357 e. The van der Waals surface area contributed by atoms with Crippen LogP contribution in [0.15, 0.2) is 18.8 Å². The third-order valence-electron chi connectivity index (χ3n) is 2.91. The van der Waals surface area contributed by atoms with E-state index in [0.29, 0.717) is 5.82 Å². The van der Waals surface area contributed by atoms with Gasteiger partial charge in [-0.15, -0.1) is 4.89 Å². The first-order valence-electron chi connectivity index (χ1n) is 7.55. The van der Waals surface area contributed by atoms with E-state index in [2.05, 4.69) is 39.8 Å². The lowest BCUT2D eigenvalue weighted by Crippen LogP contribution is -2.19. The van der Waals surface area contributed by atoms with E-state index in [9.17, 15) is 4.57 Å².